The van der Waals surface area contributed by atoms with Gasteiger partial charge in [-0.2, -0.15) is 0 Å². The summed E-state index contributed by atoms with van der Waals surface area (Å²) >= 11 is 3.38. The number of hydrogen-bond donors (Lipinski definition) is 1. The maximum absolute atomic E-state index is 6.00. The molecule has 0 saturated carbocycles. The van der Waals surface area contributed by atoms with Gasteiger partial charge in [-0.3, -0.25) is 4.57 Å². The third-order valence-electron chi connectivity index (χ3n) is 3.04. The number of anilines is 1. The number of imidazole rings is 1. The molecule has 0 aliphatic heterocycles. The summed E-state index contributed by atoms with van der Waals surface area (Å²) < 4.78 is 8.20. The summed E-state index contributed by atoms with van der Waals surface area (Å²) in [7, 11) is 0. The van der Waals surface area contributed by atoms with Crippen molar-refractivity contribution in [1.82, 2.24) is 14.5 Å². The van der Waals surface area contributed by atoms with E-state index < -0.39 is 0 Å². The minimum atomic E-state index is 0.129. The molecule has 0 spiro atoms. The summed E-state index contributed by atoms with van der Waals surface area (Å²) in [5, 5.41) is 0. The van der Waals surface area contributed by atoms with Gasteiger partial charge in [0, 0.05) is 23.1 Å². The SMILES string of the molecule is CC(Cc1ccco1)n1c(N)nc2cc(Br)cnc21. The molecular formula is C13H13BrN4O. The van der Waals surface area contributed by atoms with Gasteiger partial charge in [0.25, 0.3) is 0 Å². The molecule has 1 atom stereocenters. The van der Waals surface area contributed by atoms with Crippen molar-refractivity contribution in [3.63, 3.8) is 0 Å². The van der Waals surface area contributed by atoms with E-state index in [9.17, 15) is 0 Å². The zero-order valence-electron chi connectivity index (χ0n) is 10.4. The maximum atomic E-state index is 6.00. The number of pyridine rings is 1. The zero-order valence-corrected chi connectivity index (χ0v) is 12.0. The van der Waals surface area contributed by atoms with E-state index in [0.29, 0.717) is 5.95 Å². The van der Waals surface area contributed by atoms with Crippen LogP contribution in [-0.2, 0) is 6.42 Å². The van der Waals surface area contributed by atoms with E-state index in [1.807, 2.05) is 22.8 Å². The van der Waals surface area contributed by atoms with Crippen molar-refractivity contribution in [2.45, 2.75) is 19.4 Å². The largest absolute Gasteiger partial charge is 0.469 e. The molecule has 19 heavy (non-hydrogen) atoms. The van der Waals surface area contributed by atoms with Crippen molar-refractivity contribution in [1.29, 1.82) is 0 Å². The topological polar surface area (TPSA) is 69.9 Å². The number of aromatic nitrogens is 3. The lowest BCUT2D eigenvalue weighted by Crippen LogP contribution is -2.11. The van der Waals surface area contributed by atoms with Crippen LogP contribution in [0.5, 0.6) is 0 Å². The summed E-state index contributed by atoms with van der Waals surface area (Å²) in [6, 6.07) is 5.88. The second kappa shape index (κ2) is 4.70. The number of fused-ring (bicyclic) bond motifs is 1. The predicted molar refractivity (Wildman–Crippen MR) is 76.8 cm³/mol. The fourth-order valence-electron chi connectivity index (χ4n) is 2.22. The molecule has 3 rings (SSSR count). The first kappa shape index (κ1) is 12.2. The van der Waals surface area contributed by atoms with Crippen LogP contribution in [0.2, 0.25) is 0 Å². The number of nitrogen functional groups attached to an aromatic ring is 1. The second-order valence-corrected chi connectivity index (χ2v) is 5.38. The van der Waals surface area contributed by atoms with E-state index >= 15 is 0 Å². The standard InChI is InChI=1S/C13H13BrN4O/c1-8(5-10-3-2-4-19-10)18-12-11(17-13(18)15)6-9(14)7-16-12/h2-4,6-8H,5H2,1H3,(H2,15,17). The summed E-state index contributed by atoms with van der Waals surface area (Å²) in [5.74, 6) is 1.39. The van der Waals surface area contributed by atoms with Crippen LogP contribution >= 0.6 is 15.9 Å². The Morgan fingerprint density at radius 2 is 2.37 bits per heavy atom. The van der Waals surface area contributed by atoms with Crippen LogP contribution in [-0.4, -0.2) is 14.5 Å². The molecule has 0 saturated heterocycles. The Balaban J connectivity index is 2.01. The van der Waals surface area contributed by atoms with Gasteiger partial charge in [0.15, 0.2) is 5.65 Å². The van der Waals surface area contributed by atoms with Gasteiger partial charge < -0.3 is 10.2 Å². The molecule has 0 aliphatic carbocycles. The molecule has 0 aliphatic rings. The molecule has 0 aromatic carbocycles. The van der Waals surface area contributed by atoms with Gasteiger partial charge in [-0.25, -0.2) is 9.97 Å². The number of nitrogens with two attached hydrogens (primary N) is 1. The molecule has 3 aromatic rings. The van der Waals surface area contributed by atoms with Crippen LogP contribution in [0.1, 0.15) is 18.7 Å². The molecule has 0 radical (unpaired) electrons. The van der Waals surface area contributed by atoms with Crippen LogP contribution in [0.4, 0.5) is 5.95 Å². The van der Waals surface area contributed by atoms with Crippen LogP contribution in [0.25, 0.3) is 11.2 Å². The maximum Gasteiger partial charge on any atom is 0.202 e. The Morgan fingerprint density at radius 3 is 3.11 bits per heavy atom. The van der Waals surface area contributed by atoms with Gasteiger partial charge in [-0.1, -0.05) is 0 Å². The van der Waals surface area contributed by atoms with E-state index in [2.05, 4.69) is 32.8 Å². The highest BCUT2D eigenvalue weighted by Crippen LogP contribution is 2.25. The van der Waals surface area contributed by atoms with Crippen molar-refractivity contribution >= 4 is 33.0 Å². The average molecular weight is 321 g/mol. The monoisotopic (exact) mass is 320 g/mol. The van der Waals surface area contributed by atoms with Crippen LogP contribution in [0.15, 0.2) is 39.5 Å². The first-order valence-electron chi connectivity index (χ1n) is 5.96. The summed E-state index contributed by atoms with van der Waals surface area (Å²) in [6.45, 7) is 2.07. The van der Waals surface area contributed by atoms with Gasteiger partial charge in [0.1, 0.15) is 11.3 Å². The normalized spacial score (nSPS) is 12.9. The van der Waals surface area contributed by atoms with Gasteiger partial charge in [-0.15, -0.1) is 0 Å². The molecule has 2 N–H and O–H groups in total. The summed E-state index contributed by atoms with van der Waals surface area (Å²) in [6.07, 6.45) is 4.17. The predicted octanol–water partition coefficient (Wildman–Crippen LogP) is 3.17. The van der Waals surface area contributed by atoms with Gasteiger partial charge >= 0.3 is 0 Å². The fraction of sp³-hybridized carbons (Fsp3) is 0.231. The highest BCUT2D eigenvalue weighted by atomic mass is 79.9. The molecule has 5 nitrogen and oxygen atoms in total. The molecule has 6 heteroatoms. The smallest absolute Gasteiger partial charge is 0.202 e. The Bertz CT molecular complexity index is 705. The lowest BCUT2D eigenvalue weighted by Gasteiger charge is -2.13. The van der Waals surface area contributed by atoms with Gasteiger partial charge in [0.2, 0.25) is 5.95 Å². The average Bonchev–Trinajstić information content (AvgIpc) is 2.95. The molecular weight excluding hydrogens is 308 g/mol. The van der Waals surface area contributed by atoms with E-state index in [1.54, 1.807) is 12.5 Å². The van der Waals surface area contributed by atoms with Crippen molar-refractivity contribution in [3.05, 3.63) is 40.9 Å². The van der Waals surface area contributed by atoms with Crippen LogP contribution in [0.3, 0.4) is 0 Å². The lowest BCUT2D eigenvalue weighted by molar-refractivity contribution is 0.455. The minimum Gasteiger partial charge on any atom is -0.469 e. The number of nitrogens with zero attached hydrogens (tertiary/aromatic N) is 3. The molecule has 1 unspecified atom stereocenters. The third kappa shape index (κ3) is 2.23. The second-order valence-electron chi connectivity index (χ2n) is 4.47. The lowest BCUT2D eigenvalue weighted by atomic mass is 10.2. The van der Waals surface area contributed by atoms with E-state index in [4.69, 9.17) is 10.2 Å². The molecule has 0 amide bonds. The molecule has 0 bridgehead atoms. The quantitative estimate of drug-likeness (QED) is 0.804. The molecule has 98 valence electrons. The van der Waals surface area contributed by atoms with E-state index in [0.717, 1.165) is 27.8 Å². The van der Waals surface area contributed by atoms with Crippen LogP contribution < -0.4 is 5.73 Å². The number of rotatable bonds is 3. The highest BCUT2D eigenvalue weighted by molar-refractivity contribution is 9.10. The van der Waals surface area contributed by atoms with E-state index in [1.165, 1.54) is 0 Å². The summed E-state index contributed by atoms with van der Waals surface area (Å²) in [5.41, 5.74) is 7.58. The Kier molecular flexibility index (Phi) is 3.02. The van der Waals surface area contributed by atoms with Crippen molar-refractivity contribution < 1.29 is 4.42 Å². The first-order valence-corrected chi connectivity index (χ1v) is 6.76. The molecule has 0 fully saturated rings. The van der Waals surface area contributed by atoms with Crippen LogP contribution in [0, 0.1) is 0 Å². The fourth-order valence-corrected chi connectivity index (χ4v) is 2.54. The zero-order chi connectivity index (χ0) is 13.4. The number of halogens is 1. The Labute approximate surface area is 118 Å². The number of hydrogen-bond acceptors (Lipinski definition) is 4. The van der Waals surface area contributed by atoms with Crippen molar-refractivity contribution in [3.8, 4) is 0 Å². The third-order valence-corrected chi connectivity index (χ3v) is 3.48. The Morgan fingerprint density at radius 1 is 1.53 bits per heavy atom. The molecule has 3 heterocycles. The van der Waals surface area contributed by atoms with Gasteiger partial charge in [0.05, 0.1) is 6.26 Å². The first-order chi connectivity index (χ1) is 9.15. The highest BCUT2D eigenvalue weighted by Gasteiger charge is 2.16. The minimum absolute atomic E-state index is 0.129. The summed E-state index contributed by atoms with van der Waals surface area (Å²) in [4.78, 5) is 8.74. The Hall–Kier alpha value is -1.82. The van der Waals surface area contributed by atoms with E-state index in [-0.39, 0.29) is 6.04 Å². The van der Waals surface area contributed by atoms with Crippen molar-refractivity contribution in [2.24, 2.45) is 0 Å². The van der Waals surface area contributed by atoms with Gasteiger partial charge in [-0.05, 0) is 41.1 Å². The number of furan rings is 1. The van der Waals surface area contributed by atoms with Crippen molar-refractivity contribution in [2.75, 3.05) is 5.73 Å². The molecule has 3 aromatic heterocycles.